The van der Waals surface area contributed by atoms with Crippen LogP contribution >= 0.6 is 0 Å². The Labute approximate surface area is 87.7 Å². The first-order valence-electron chi connectivity index (χ1n) is 5.17. The van der Waals surface area contributed by atoms with Crippen LogP contribution in [-0.4, -0.2) is 24.1 Å². The first-order chi connectivity index (χ1) is 7.34. The van der Waals surface area contributed by atoms with Crippen molar-refractivity contribution >= 4 is 16.8 Å². The highest BCUT2D eigenvalue weighted by atomic mass is 16.3. The Hall–Kier alpha value is -1.55. The molecule has 1 saturated heterocycles. The molecule has 1 aliphatic heterocycles. The first kappa shape index (κ1) is 8.73. The van der Waals surface area contributed by atoms with Gasteiger partial charge in [0.1, 0.15) is 11.4 Å². The van der Waals surface area contributed by atoms with E-state index in [1.807, 2.05) is 12.1 Å². The van der Waals surface area contributed by atoms with Gasteiger partial charge in [0.2, 0.25) is 0 Å². The van der Waals surface area contributed by atoms with E-state index < -0.39 is 0 Å². The Morgan fingerprint density at radius 2 is 2.40 bits per heavy atom. The summed E-state index contributed by atoms with van der Waals surface area (Å²) >= 11 is 0. The van der Waals surface area contributed by atoms with Crippen molar-refractivity contribution in [1.82, 2.24) is 4.98 Å². The van der Waals surface area contributed by atoms with Crippen LogP contribution in [0.1, 0.15) is 6.42 Å². The van der Waals surface area contributed by atoms with Crippen molar-refractivity contribution in [1.29, 1.82) is 0 Å². The van der Waals surface area contributed by atoms with Crippen molar-refractivity contribution in [3.63, 3.8) is 0 Å². The minimum absolute atomic E-state index is 0.272. The molecule has 3 heterocycles. The Morgan fingerprint density at radius 1 is 1.47 bits per heavy atom. The Kier molecular flexibility index (Phi) is 1.89. The predicted molar refractivity (Wildman–Crippen MR) is 58.8 cm³/mol. The third kappa shape index (κ3) is 1.37. The summed E-state index contributed by atoms with van der Waals surface area (Å²) in [5.41, 5.74) is 6.78. The topological polar surface area (TPSA) is 55.3 Å². The largest absolute Gasteiger partial charge is 0.464 e. The van der Waals surface area contributed by atoms with Crippen LogP contribution in [0.3, 0.4) is 0 Å². The quantitative estimate of drug-likeness (QED) is 0.760. The molecular weight excluding hydrogens is 190 g/mol. The molecule has 78 valence electrons. The summed E-state index contributed by atoms with van der Waals surface area (Å²) in [6.07, 6.45) is 4.52. The van der Waals surface area contributed by atoms with E-state index in [0.717, 1.165) is 36.3 Å². The van der Waals surface area contributed by atoms with E-state index in [9.17, 15) is 0 Å². The molecule has 0 saturated carbocycles. The number of hydrogen-bond donors (Lipinski definition) is 1. The van der Waals surface area contributed by atoms with Gasteiger partial charge in [0.25, 0.3) is 0 Å². The highest BCUT2D eigenvalue weighted by Crippen LogP contribution is 2.27. The molecule has 2 aromatic heterocycles. The molecule has 0 radical (unpaired) electrons. The van der Waals surface area contributed by atoms with Gasteiger partial charge >= 0.3 is 0 Å². The lowest BCUT2D eigenvalue weighted by molar-refractivity contribution is 0.615. The first-order valence-corrected chi connectivity index (χ1v) is 5.17. The molecule has 3 rings (SSSR count). The van der Waals surface area contributed by atoms with E-state index in [4.69, 9.17) is 10.2 Å². The normalized spacial score (nSPS) is 21.4. The number of furan rings is 1. The molecule has 1 fully saturated rings. The highest BCUT2D eigenvalue weighted by Gasteiger charge is 2.22. The molecule has 0 amide bonds. The third-order valence-electron chi connectivity index (χ3n) is 2.88. The van der Waals surface area contributed by atoms with Crippen LogP contribution in [0.5, 0.6) is 0 Å². The zero-order chi connectivity index (χ0) is 10.3. The summed E-state index contributed by atoms with van der Waals surface area (Å²) in [7, 11) is 0. The van der Waals surface area contributed by atoms with E-state index in [0.29, 0.717) is 0 Å². The maximum atomic E-state index is 5.89. The fourth-order valence-electron chi connectivity index (χ4n) is 2.11. The molecule has 15 heavy (non-hydrogen) atoms. The number of nitrogens with two attached hydrogens (primary N) is 1. The standard InChI is InChI=1S/C11H13N3O/c12-8-2-5-14(7-8)11-9-3-6-15-10(9)1-4-13-11/h1,3-4,6,8H,2,5,7,12H2/t8-/m0/s1. The van der Waals surface area contributed by atoms with E-state index in [1.165, 1.54) is 0 Å². The molecular formula is C11H13N3O. The van der Waals surface area contributed by atoms with Crippen molar-refractivity contribution in [2.75, 3.05) is 18.0 Å². The summed E-state index contributed by atoms with van der Waals surface area (Å²) in [6.45, 7) is 1.87. The minimum Gasteiger partial charge on any atom is -0.464 e. The second-order valence-electron chi connectivity index (χ2n) is 3.96. The van der Waals surface area contributed by atoms with Gasteiger partial charge in [0.05, 0.1) is 11.6 Å². The molecule has 1 aliphatic rings. The van der Waals surface area contributed by atoms with Gasteiger partial charge in [0, 0.05) is 25.3 Å². The zero-order valence-electron chi connectivity index (χ0n) is 8.39. The fraction of sp³-hybridized carbons (Fsp3) is 0.364. The lowest BCUT2D eigenvalue weighted by Crippen LogP contribution is -2.26. The molecule has 0 aromatic carbocycles. The van der Waals surface area contributed by atoms with Gasteiger partial charge < -0.3 is 15.1 Å². The number of hydrogen-bond acceptors (Lipinski definition) is 4. The number of nitrogens with zero attached hydrogens (tertiary/aromatic N) is 2. The second kappa shape index (κ2) is 3.24. The summed E-state index contributed by atoms with van der Waals surface area (Å²) in [6, 6.07) is 4.12. The molecule has 2 N–H and O–H groups in total. The average molecular weight is 203 g/mol. The van der Waals surface area contributed by atoms with Crippen LogP contribution in [0, 0.1) is 0 Å². The van der Waals surface area contributed by atoms with Gasteiger partial charge in [-0.2, -0.15) is 0 Å². The molecule has 4 nitrogen and oxygen atoms in total. The second-order valence-corrected chi connectivity index (χ2v) is 3.96. The number of fused-ring (bicyclic) bond motifs is 1. The van der Waals surface area contributed by atoms with Crippen LogP contribution in [0.4, 0.5) is 5.82 Å². The van der Waals surface area contributed by atoms with Gasteiger partial charge in [-0.1, -0.05) is 0 Å². The summed E-state index contributed by atoms with van der Waals surface area (Å²) < 4.78 is 5.35. The highest BCUT2D eigenvalue weighted by molar-refractivity contribution is 5.88. The van der Waals surface area contributed by atoms with Crippen molar-refractivity contribution in [2.45, 2.75) is 12.5 Å². The lowest BCUT2D eigenvalue weighted by Gasteiger charge is -2.16. The Morgan fingerprint density at radius 3 is 3.20 bits per heavy atom. The van der Waals surface area contributed by atoms with E-state index >= 15 is 0 Å². The summed E-state index contributed by atoms with van der Waals surface area (Å²) in [5.74, 6) is 0.995. The monoisotopic (exact) mass is 203 g/mol. The van der Waals surface area contributed by atoms with Crippen LogP contribution in [0.25, 0.3) is 11.0 Å². The molecule has 4 heteroatoms. The predicted octanol–water partition coefficient (Wildman–Crippen LogP) is 1.37. The Bertz CT molecular complexity index is 479. The number of pyridine rings is 1. The van der Waals surface area contributed by atoms with Crippen molar-refractivity contribution in [3.05, 3.63) is 24.6 Å². The van der Waals surface area contributed by atoms with Gasteiger partial charge in [-0.25, -0.2) is 4.98 Å². The zero-order valence-corrected chi connectivity index (χ0v) is 8.39. The van der Waals surface area contributed by atoms with Crippen molar-refractivity contribution < 1.29 is 4.42 Å². The molecule has 2 aromatic rings. The molecule has 1 atom stereocenters. The van der Waals surface area contributed by atoms with E-state index in [1.54, 1.807) is 12.5 Å². The molecule has 0 spiro atoms. The number of rotatable bonds is 1. The van der Waals surface area contributed by atoms with Crippen LogP contribution in [-0.2, 0) is 0 Å². The fourth-order valence-corrected chi connectivity index (χ4v) is 2.11. The average Bonchev–Trinajstić information content (AvgIpc) is 2.84. The number of anilines is 1. The maximum absolute atomic E-state index is 5.89. The Balaban J connectivity index is 2.06. The number of aromatic nitrogens is 1. The van der Waals surface area contributed by atoms with Crippen molar-refractivity contribution in [3.8, 4) is 0 Å². The van der Waals surface area contributed by atoms with Crippen LogP contribution in [0.2, 0.25) is 0 Å². The van der Waals surface area contributed by atoms with Gasteiger partial charge in [-0.05, 0) is 18.6 Å². The smallest absolute Gasteiger partial charge is 0.139 e. The minimum atomic E-state index is 0.272. The lowest BCUT2D eigenvalue weighted by atomic mass is 10.3. The van der Waals surface area contributed by atoms with E-state index in [-0.39, 0.29) is 6.04 Å². The molecule has 0 unspecified atom stereocenters. The maximum Gasteiger partial charge on any atom is 0.139 e. The van der Waals surface area contributed by atoms with Gasteiger partial charge in [0.15, 0.2) is 0 Å². The van der Waals surface area contributed by atoms with E-state index in [2.05, 4.69) is 9.88 Å². The third-order valence-corrected chi connectivity index (χ3v) is 2.88. The van der Waals surface area contributed by atoms with Crippen molar-refractivity contribution in [2.24, 2.45) is 5.73 Å². The van der Waals surface area contributed by atoms with Gasteiger partial charge in [-0.15, -0.1) is 0 Å². The summed E-state index contributed by atoms with van der Waals surface area (Å²) in [5, 5.41) is 1.08. The van der Waals surface area contributed by atoms with Crippen LogP contribution in [0.15, 0.2) is 29.0 Å². The summed E-state index contributed by atoms with van der Waals surface area (Å²) in [4.78, 5) is 6.63. The van der Waals surface area contributed by atoms with Gasteiger partial charge in [-0.3, -0.25) is 0 Å². The van der Waals surface area contributed by atoms with Crippen LogP contribution < -0.4 is 10.6 Å². The SMILES string of the molecule is N[C@H]1CCN(c2nccc3occc23)C1. The molecule has 0 bridgehead atoms. The molecule has 0 aliphatic carbocycles.